The van der Waals surface area contributed by atoms with Crippen LogP contribution >= 0.6 is 0 Å². The smallest absolute Gasteiger partial charge is 0.356 e. The van der Waals surface area contributed by atoms with Crippen molar-refractivity contribution in [3.63, 3.8) is 0 Å². The molecule has 1 aliphatic rings. The summed E-state index contributed by atoms with van der Waals surface area (Å²) in [5.41, 5.74) is 1.61. The Morgan fingerprint density at radius 2 is 1.96 bits per heavy atom. The summed E-state index contributed by atoms with van der Waals surface area (Å²) >= 11 is 0. The molecule has 4 rings (SSSR count). The molecule has 0 aliphatic carbocycles. The Bertz CT molecular complexity index is 1130. The molecule has 8 nitrogen and oxygen atoms in total. The number of aromatic carboxylic acids is 1. The summed E-state index contributed by atoms with van der Waals surface area (Å²) in [5, 5.41) is 22.7. The van der Waals surface area contributed by atoms with Crippen LogP contribution in [-0.4, -0.2) is 39.4 Å². The van der Waals surface area contributed by atoms with E-state index in [2.05, 4.69) is 10.1 Å². The van der Waals surface area contributed by atoms with Gasteiger partial charge in [0.05, 0.1) is 40.5 Å². The van der Waals surface area contributed by atoms with Crippen molar-refractivity contribution in [3.05, 3.63) is 59.5 Å². The molecule has 3 aromatic rings. The van der Waals surface area contributed by atoms with Crippen molar-refractivity contribution in [2.75, 3.05) is 0 Å². The van der Waals surface area contributed by atoms with Crippen LogP contribution in [0.15, 0.2) is 47.5 Å². The van der Waals surface area contributed by atoms with Gasteiger partial charge in [0.2, 0.25) is 0 Å². The van der Waals surface area contributed by atoms with Crippen molar-refractivity contribution in [1.29, 1.82) is 0 Å². The summed E-state index contributed by atoms with van der Waals surface area (Å²) in [6.07, 6.45) is 1.45. The lowest BCUT2D eigenvalue weighted by Crippen LogP contribution is -2.15. The van der Waals surface area contributed by atoms with E-state index < -0.39 is 21.6 Å². The molecule has 0 saturated heterocycles. The van der Waals surface area contributed by atoms with E-state index in [-0.39, 0.29) is 22.8 Å². The molecule has 0 fully saturated rings. The summed E-state index contributed by atoms with van der Waals surface area (Å²) in [6, 6.07) is 9.67. The van der Waals surface area contributed by atoms with Gasteiger partial charge in [-0.15, -0.1) is 0 Å². The zero-order valence-electron chi connectivity index (χ0n) is 13.3. The van der Waals surface area contributed by atoms with Crippen molar-refractivity contribution in [1.82, 2.24) is 14.8 Å². The zero-order chi connectivity index (χ0) is 18.5. The quantitative estimate of drug-likeness (QED) is 0.714. The van der Waals surface area contributed by atoms with Gasteiger partial charge in [0.25, 0.3) is 0 Å². The average Bonchev–Trinajstić information content (AvgIpc) is 3.01. The third-order valence-electron chi connectivity index (χ3n) is 4.21. The molecule has 0 radical (unpaired) electrons. The Hall–Kier alpha value is -3.04. The standard InChI is InChI=1S/C17H13N3O5S/c21-8-10-5-6-11(7-18-10)20-16-12-3-1-2-4-14(12)26(24,25)9-13(16)15(19-20)17(22)23/h1-7,21H,8-9H2,(H,22,23). The van der Waals surface area contributed by atoms with Crippen LogP contribution in [-0.2, 0) is 22.2 Å². The minimum Gasteiger partial charge on any atom is -0.476 e. The van der Waals surface area contributed by atoms with E-state index in [0.29, 0.717) is 22.6 Å². The molecule has 0 saturated carbocycles. The van der Waals surface area contributed by atoms with Crippen molar-refractivity contribution in [2.45, 2.75) is 17.3 Å². The Balaban J connectivity index is 2.04. The Morgan fingerprint density at radius 3 is 2.62 bits per heavy atom. The van der Waals surface area contributed by atoms with Crippen LogP contribution in [0.2, 0.25) is 0 Å². The zero-order valence-corrected chi connectivity index (χ0v) is 14.1. The number of rotatable bonds is 3. The van der Waals surface area contributed by atoms with Crippen molar-refractivity contribution in [3.8, 4) is 16.9 Å². The molecule has 1 aromatic carbocycles. The Kier molecular flexibility index (Phi) is 3.63. The number of aliphatic hydroxyl groups excluding tert-OH is 1. The highest BCUT2D eigenvalue weighted by Crippen LogP contribution is 2.40. The van der Waals surface area contributed by atoms with Gasteiger partial charge in [-0.3, -0.25) is 4.98 Å². The van der Waals surface area contributed by atoms with Gasteiger partial charge in [-0.05, 0) is 18.2 Å². The number of carboxylic acid groups (broad SMARTS) is 1. The van der Waals surface area contributed by atoms with Crippen molar-refractivity contribution < 1.29 is 23.4 Å². The number of carbonyl (C=O) groups is 1. The van der Waals surface area contributed by atoms with E-state index in [1.165, 1.54) is 16.9 Å². The first kappa shape index (κ1) is 16.4. The van der Waals surface area contributed by atoms with Crippen LogP contribution in [0, 0.1) is 0 Å². The van der Waals surface area contributed by atoms with E-state index in [1.54, 1.807) is 30.3 Å². The Labute approximate surface area is 148 Å². The first-order chi connectivity index (χ1) is 12.4. The van der Waals surface area contributed by atoms with E-state index >= 15 is 0 Å². The minimum atomic E-state index is -3.66. The first-order valence-electron chi connectivity index (χ1n) is 7.66. The number of pyridine rings is 1. The lowest BCUT2D eigenvalue weighted by molar-refractivity contribution is 0.0689. The lowest BCUT2D eigenvalue weighted by atomic mass is 10.1. The van der Waals surface area contributed by atoms with Gasteiger partial charge in [-0.25, -0.2) is 17.9 Å². The second kappa shape index (κ2) is 5.75. The highest BCUT2D eigenvalue weighted by molar-refractivity contribution is 7.90. The topological polar surface area (TPSA) is 122 Å². The molecule has 0 spiro atoms. The van der Waals surface area contributed by atoms with Gasteiger partial charge in [0.1, 0.15) is 0 Å². The molecule has 0 unspecified atom stereocenters. The van der Waals surface area contributed by atoms with Crippen LogP contribution in [0.4, 0.5) is 0 Å². The second-order valence-corrected chi connectivity index (χ2v) is 7.77. The SMILES string of the molecule is O=C(O)c1nn(-c2ccc(CO)nc2)c2c1CS(=O)(=O)c1ccccc1-2. The summed E-state index contributed by atoms with van der Waals surface area (Å²) in [4.78, 5) is 15.9. The number of aromatic nitrogens is 3. The second-order valence-electron chi connectivity index (χ2n) is 5.81. The minimum absolute atomic E-state index is 0.144. The number of fused-ring (bicyclic) bond motifs is 3. The summed E-state index contributed by atoms with van der Waals surface area (Å²) in [6.45, 7) is -0.223. The molecule has 132 valence electrons. The van der Waals surface area contributed by atoms with Gasteiger partial charge >= 0.3 is 5.97 Å². The molecule has 1 aliphatic heterocycles. The summed E-state index contributed by atoms with van der Waals surface area (Å²) in [5.74, 6) is -1.72. The largest absolute Gasteiger partial charge is 0.476 e. The maximum absolute atomic E-state index is 12.6. The molecule has 3 heterocycles. The molecule has 2 aromatic heterocycles. The highest BCUT2D eigenvalue weighted by atomic mass is 32.2. The van der Waals surface area contributed by atoms with Crippen molar-refractivity contribution >= 4 is 15.8 Å². The normalized spacial score (nSPS) is 14.5. The van der Waals surface area contributed by atoms with E-state index in [9.17, 15) is 18.3 Å². The lowest BCUT2D eigenvalue weighted by Gasteiger charge is -2.18. The number of nitrogens with zero attached hydrogens (tertiary/aromatic N) is 3. The summed E-state index contributed by atoms with van der Waals surface area (Å²) in [7, 11) is -3.66. The molecular weight excluding hydrogens is 358 g/mol. The Morgan fingerprint density at radius 1 is 1.19 bits per heavy atom. The fourth-order valence-electron chi connectivity index (χ4n) is 3.06. The third-order valence-corrected chi connectivity index (χ3v) is 5.91. The van der Waals surface area contributed by atoms with Gasteiger partial charge in [-0.1, -0.05) is 18.2 Å². The van der Waals surface area contributed by atoms with Gasteiger partial charge in [-0.2, -0.15) is 5.10 Å². The van der Waals surface area contributed by atoms with Crippen LogP contribution < -0.4 is 0 Å². The monoisotopic (exact) mass is 371 g/mol. The van der Waals surface area contributed by atoms with E-state index in [0.717, 1.165) is 0 Å². The number of hydrogen-bond donors (Lipinski definition) is 2. The number of aliphatic hydroxyl groups is 1. The molecule has 26 heavy (non-hydrogen) atoms. The third kappa shape index (κ3) is 2.40. The number of carboxylic acids is 1. The van der Waals surface area contributed by atoms with Crippen molar-refractivity contribution in [2.24, 2.45) is 0 Å². The number of hydrogen-bond acceptors (Lipinski definition) is 6. The average molecular weight is 371 g/mol. The summed E-state index contributed by atoms with van der Waals surface area (Å²) < 4.78 is 26.5. The van der Waals surface area contributed by atoms with Crippen LogP contribution in [0.25, 0.3) is 16.9 Å². The van der Waals surface area contributed by atoms with Gasteiger partial charge < -0.3 is 10.2 Å². The fraction of sp³-hybridized carbons (Fsp3) is 0.118. The van der Waals surface area contributed by atoms with Gasteiger partial charge in [0, 0.05) is 11.1 Å². The molecule has 9 heteroatoms. The predicted molar refractivity (Wildman–Crippen MR) is 90.6 cm³/mol. The predicted octanol–water partition coefficient (Wildman–Crippen LogP) is 1.41. The maximum Gasteiger partial charge on any atom is 0.356 e. The molecule has 2 N–H and O–H groups in total. The maximum atomic E-state index is 12.6. The fourth-order valence-corrected chi connectivity index (χ4v) is 4.65. The van der Waals surface area contributed by atoms with Crippen LogP contribution in [0.1, 0.15) is 21.7 Å². The van der Waals surface area contributed by atoms with E-state index in [1.807, 2.05) is 0 Å². The number of benzene rings is 1. The molecular formula is C17H13N3O5S. The number of sulfone groups is 1. The first-order valence-corrected chi connectivity index (χ1v) is 9.31. The van der Waals surface area contributed by atoms with Gasteiger partial charge in [0.15, 0.2) is 15.5 Å². The van der Waals surface area contributed by atoms with Crippen LogP contribution in [0.3, 0.4) is 0 Å². The molecule has 0 atom stereocenters. The van der Waals surface area contributed by atoms with Crippen LogP contribution in [0.5, 0.6) is 0 Å². The highest BCUT2D eigenvalue weighted by Gasteiger charge is 2.35. The molecule has 0 bridgehead atoms. The van der Waals surface area contributed by atoms with E-state index in [4.69, 9.17) is 5.11 Å². The molecule has 0 amide bonds.